The summed E-state index contributed by atoms with van der Waals surface area (Å²) < 4.78 is 85.0. The van der Waals surface area contributed by atoms with Crippen molar-refractivity contribution in [2.75, 3.05) is 18.5 Å². The van der Waals surface area contributed by atoms with Crippen molar-refractivity contribution in [2.24, 2.45) is 7.05 Å². The van der Waals surface area contributed by atoms with Gasteiger partial charge < -0.3 is 14.8 Å². The van der Waals surface area contributed by atoms with Gasteiger partial charge in [0, 0.05) is 36.3 Å². The first-order valence-electron chi connectivity index (χ1n) is 9.14. The number of carbonyl (C=O) groups is 1. The molecule has 0 spiro atoms. The maximum absolute atomic E-state index is 12.8. The van der Waals surface area contributed by atoms with Crippen molar-refractivity contribution in [3.63, 3.8) is 0 Å². The first kappa shape index (κ1) is 23.9. The summed E-state index contributed by atoms with van der Waals surface area (Å²) in [5, 5.41) is 6.64. The molecular weight excluding hydrogens is 460 g/mol. The smallest absolute Gasteiger partial charge is 0.422 e. The van der Waals surface area contributed by atoms with E-state index in [-0.39, 0.29) is 22.2 Å². The van der Waals surface area contributed by atoms with Gasteiger partial charge in [-0.3, -0.25) is 9.59 Å². The summed E-state index contributed by atoms with van der Waals surface area (Å²) in [5.74, 6) is -1.84. The van der Waals surface area contributed by atoms with Crippen molar-refractivity contribution in [3.05, 3.63) is 58.5 Å². The molecule has 0 atom stereocenters. The quantitative estimate of drug-likeness (QED) is 0.544. The molecule has 0 radical (unpaired) electrons. The highest BCUT2D eigenvalue weighted by atomic mass is 19.4. The molecule has 0 bridgehead atoms. The van der Waals surface area contributed by atoms with E-state index in [1.165, 1.54) is 19.2 Å². The minimum Gasteiger partial charge on any atom is -0.484 e. The van der Waals surface area contributed by atoms with Crippen LogP contribution in [0.1, 0.15) is 10.5 Å². The summed E-state index contributed by atoms with van der Waals surface area (Å²) in [6.45, 7) is -3.42. The van der Waals surface area contributed by atoms with E-state index >= 15 is 0 Å². The monoisotopic (exact) mass is 475 g/mol. The van der Waals surface area contributed by atoms with E-state index in [2.05, 4.69) is 19.9 Å². The first-order valence-corrected chi connectivity index (χ1v) is 9.14. The van der Waals surface area contributed by atoms with Crippen LogP contribution in [0.15, 0.2) is 47.3 Å². The lowest BCUT2D eigenvalue weighted by Crippen LogP contribution is -2.25. The Bertz CT molecular complexity index is 1200. The first-order chi connectivity index (χ1) is 15.3. The number of benzene rings is 2. The van der Waals surface area contributed by atoms with Crippen LogP contribution >= 0.6 is 0 Å². The number of aryl methyl sites for hydroxylation is 1. The molecule has 0 unspecified atom stereocenters. The molecule has 3 aromatic rings. The average molecular weight is 475 g/mol. The molecule has 0 aliphatic rings. The van der Waals surface area contributed by atoms with Crippen molar-refractivity contribution in [1.82, 2.24) is 9.78 Å². The zero-order valence-corrected chi connectivity index (χ0v) is 16.8. The molecule has 0 aliphatic heterocycles. The summed E-state index contributed by atoms with van der Waals surface area (Å²) in [5.41, 5.74) is -0.865. The maximum Gasteiger partial charge on any atom is 0.422 e. The van der Waals surface area contributed by atoms with Crippen LogP contribution in [0.3, 0.4) is 0 Å². The Kier molecular flexibility index (Phi) is 6.51. The lowest BCUT2D eigenvalue weighted by molar-refractivity contribution is -0.153. The van der Waals surface area contributed by atoms with Crippen LogP contribution in [0.2, 0.25) is 0 Å². The number of alkyl halides is 6. The van der Waals surface area contributed by atoms with Gasteiger partial charge in [-0.05, 0) is 6.07 Å². The lowest BCUT2D eigenvalue weighted by Gasteiger charge is -2.15. The number of anilines is 1. The van der Waals surface area contributed by atoms with Crippen molar-refractivity contribution in [2.45, 2.75) is 12.4 Å². The summed E-state index contributed by atoms with van der Waals surface area (Å²) >= 11 is 0. The van der Waals surface area contributed by atoms with Gasteiger partial charge in [0.25, 0.3) is 11.5 Å². The second-order valence-electron chi connectivity index (χ2n) is 6.78. The van der Waals surface area contributed by atoms with E-state index in [1.807, 2.05) is 0 Å². The molecule has 0 fully saturated rings. The minimum atomic E-state index is -4.70. The van der Waals surface area contributed by atoms with E-state index in [0.717, 1.165) is 22.9 Å². The number of rotatable bonds is 6. The predicted molar refractivity (Wildman–Crippen MR) is 104 cm³/mol. The number of amides is 1. The van der Waals surface area contributed by atoms with Gasteiger partial charge in [0.1, 0.15) is 11.5 Å². The van der Waals surface area contributed by atoms with Crippen LogP contribution < -0.4 is 20.3 Å². The number of fused-ring (bicyclic) bond motifs is 1. The molecule has 0 aliphatic carbocycles. The number of carbonyl (C=O) groups excluding carboxylic acids is 1. The third-order valence-corrected chi connectivity index (χ3v) is 4.11. The van der Waals surface area contributed by atoms with E-state index < -0.39 is 48.5 Å². The Labute approximate surface area is 181 Å². The number of nitrogens with zero attached hydrogens (tertiary/aromatic N) is 2. The van der Waals surface area contributed by atoms with E-state index in [4.69, 9.17) is 0 Å². The SMILES string of the molecule is Cn1nc(C(=O)Nc2cc(OCC(F)(F)F)cc(OCC(F)(F)F)c2)c2ccccc2c1=O. The fraction of sp³-hybridized carbons (Fsp3) is 0.250. The summed E-state index contributed by atoms with van der Waals surface area (Å²) in [6.07, 6.45) is -9.41. The van der Waals surface area contributed by atoms with Crippen LogP contribution in [-0.4, -0.2) is 41.3 Å². The van der Waals surface area contributed by atoms with Crippen molar-refractivity contribution in [1.29, 1.82) is 0 Å². The van der Waals surface area contributed by atoms with Crippen molar-refractivity contribution >= 4 is 22.4 Å². The van der Waals surface area contributed by atoms with Gasteiger partial charge in [-0.25, -0.2) is 4.68 Å². The van der Waals surface area contributed by atoms with Crippen molar-refractivity contribution < 1.29 is 40.6 Å². The topological polar surface area (TPSA) is 82.5 Å². The van der Waals surface area contributed by atoms with Gasteiger partial charge in [0.05, 0.1) is 5.39 Å². The van der Waals surface area contributed by atoms with E-state index in [9.17, 15) is 35.9 Å². The molecule has 1 amide bonds. The molecule has 2 aromatic carbocycles. The molecular formula is C20H15F6N3O4. The molecule has 0 saturated carbocycles. The fourth-order valence-electron chi connectivity index (χ4n) is 2.80. The fourth-order valence-corrected chi connectivity index (χ4v) is 2.80. The number of hydrogen-bond donors (Lipinski definition) is 1. The van der Waals surface area contributed by atoms with Crippen molar-refractivity contribution in [3.8, 4) is 11.5 Å². The van der Waals surface area contributed by atoms with Crippen LogP contribution in [0.25, 0.3) is 10.8 Å². The summed E-state index contributed by atoms with van der Waals surface area (Å²) in [6, 6.07) is 8.88. The third kappa shape index (κ3) is 6.37. The van der Waals surface area contributed by atoms with Gasteiger partial charge in [0.15, 0.2) is 18.9 Å². The van der Waals surface area contributed by atoms with Crippen LogP contribution in [0, 0.1) is 0 Å². The molecule has 7 nitrogen and oxygen atoms in total. The Hall–Kier alpha value is -3.77. The van der Waals surface area contributed by atoms with Crippen LogP contribution in [-0.2, 0) is 7.05 Å². The molecule has 3 rings (SSSR count). The summed E-state index contributed by atoms with van der Waals surface area (Å²) in [4.78, 5) is 25.0. The highest BCUT2D eigenvalue weighted by Gasteiger charge is 2.30. The highest BCUT2D eigenvalue weighted by molar-refractivity contribution is 6.11. The Morgan fingerprint density at radius 1 is 0.939 bits per heavy atom. The number of hydrogen-bond acceptors (Lipinski definition) is 5. The maximum atomic E-state index is 12.8. The Morgan fingerprint density at radius 3 is 1.97 bits per heavy atom. The number of halogens is 6. The van der Waals surface area contributed by atoms with Crippen LogP contribution in [0.4, 0.5) is 32.0 Å². The van der Waals surface area contributed by atoms with Gasteiger partial charge in [-0.15, -0.1) is 0 Å². The zero-order chi connectivity index (χ0) is 24.4. The standard InChI is InChI=1S/C20H15F6N3O4/c1-29-18(31)15-5-3-2-4-14(15)16(28-29)17(30)27-11-6-12(32-9-19(21,22)23)8-13(7-11)33-10-20(24,25)26/h2-8H,9-10H2,1H3,(H,27,30). The normalized spacial score (nSPS) is 12.0. The molecule has 176 valence electrons. The second kappa shape index (κ2) is 9.00. The molecule has 0 saturated heterocycles. The second-order valence-corrected chi connectivity index (χ2v) is 6.78. The number of nitrogens with one attached hydrogen (secondary N) is 1. The average Bonchev–Trinajstić information content (AvgIpc) is 2.72. The number of aromatic nitrogens is 2. The van der Waals surface area contributed by atoms with Gasteiger partial charge in [-0.1, -0.05) is 18.2 Å². The lowest BCUT2D eigenvalue weighted by atomic mass is 10.1. The largest absolute Gasteiger partial charge is 0.484 e. The molecule has 13 heteroatoms. The molecule has 1 heterocycles. The molecule has 33 heavy (non-hydrogen) atoms. The molecule has 1 aromatic heterocycles. The highest BCUT2D eigenvalue weighted by Crippen LogP contribution is 2.29. The Balaban J connectivity index is 1.94. The van der Waals surface area contributed by atoms with Gasteiger partial charge in [0.2, 0.25) is 0 Å². The Morgan fingerprint density at radius 2 is 1.45 bits per heavy atom. The predicted octanol–water partition coefficient (Wildman–Crippen LogP) is 4.07. The van der Waals surface area contributed by atoms with E-state index in [0.29, 0.717) is 0 Å². The van der Waals surface area contributed by atoms with Crippen LogP contribution in [0.5, 0.6) is 11.5 Å². The van der Waals surface area contributed by atoms with E-state index in [1.54, 1.807) is 12.1 Å². The van der Waals surface area contributed by atoms with Gasteiger partial charge >= 0.3 is 12.4 Å². The molecule has 1 N–H and O–H groups in total. The van der Waals surface area contributed by atoms with Gasteiger partial charge in [-0.2, -0.15) is 31.4 Å². The third-order valence-electron chi connectivity index (χ3n) is 4.11. The zero-order valence-electron chi connectivity index (χ0n) is 16.8. The summed E-state index contributed by atoms with van der Waals surface area (Å²) in [7, 11) is 1.32. The minimum absolute atomic E-state index is 0.188. The number of ether oxygens (including phenoxy) is 2.